The number of hydrogen-bond acceptors (Lipinski definition) is 5. The summed E-state index contributed by atoms with van der Waals surface area (Å²) in [5.74, 6) is -1.94. The summed E-state index contributed by atoms with van der Waals surface area (Å²) in [6.07, 6.45) is 0. The molecule has 0 bridgehead atoms. The van der Waals surface area contributed by atoms with Crippen LogP contribution in [0.1, 0.15) is 26.3 Å². The van der Waals surface area contributed by atoms with Crippen LogP contribution >= 0.6 is 0 Å². The SMILES string of the molecule is Cc1ccccc1NS(=O)(=O)c1cccc(C(=O)Nc2cccc(C(=O)[O-])c2)c1. The Bertz CT molecular complexity index is 1190. The molecule has 2 N–H and O–H groups in total. The number of para-hydroxylation sites is 1. The second-order valence-corrected chi connectivity index (χ2v) is 7.95. The average Bonchev–Trinajstić information content (AvgIpc) is 2.70. The summed E-state index contributed by atoms with van der Waals surface area (Å²) in [6, 6.07) is 18.1. The molecule has 0 aliphatic rings. The first-order valence-corrected chi connectivity index (χ1v) is 10.1. The van der Waals surface area contributed by atoms with Gasteiger partial charge in [-0.15, -0.1) is 0 Å². The highest BCUT2D eigenvalue weighted by atomic mass is 32.2. The van der Waals surface area contributed by atoms with E-state index in [0.717, 1.165) is 5.56 Å². The van der Waals surface area contributed by atoms with E-state index in [4.69, 9.17) is 0 Å². The number of hydrogen-bond donors (Lipinski definition) is 2. The van der Waals surface area contributed by atoms with Crippen molar-refractivity contribution >= 4 is 33.3 Å². The topological polar surface area (TPSA) is 115 Å². The number of amides is 1. The third kappa shape index (κ3) is 4.80. The Morgan fingerprint density at radius 2 is 1.55 bits per heavy atom. The molecule has 0 aliphatic heterocycles. The lowest BCUT2D eigenvalue weighted by Gasteiger charge is -2.12. The lowest BCUT2D eigenvalue weighted by atomic mass is 10.2. The van der Waals surface area contributed by atoms with E-state index < -0.39 is 21.9 Å². The minimum Gasteiger partial charge on any atom is -0.545 e. The van der Waals surface area contributed by atoms with Gasteiger partial charge in [-0.2, -0.15) is 0 Å². The van der Waals surface area contributed by atoms with Crippen LogP contribution in [0.2, 0.25) is 0 Å². The largest absolute Gasteiger partial charge is 0.545 e. The number of carbonyl (C=O) groups excluding carboxylic acids is 2. The monoisotopic (exact) mass is 409 g/mol. The zero-order valence-corrected chi connectivity index (χ0v) is 16.2. The zero-order valence-electron chi connectivity index (χ0n) is 15.4. The number of carbonyl (C=O) groups is 2. The number of sulfonamides is 1. The Hall–Kier alpha value is -3.65. The molecule has 0 saturated carbocycles. The maximum Gasteiger partial charge on any atom is 0.261 e. The summed E-state index contributed by atoms with van der Waals surface area (Å²) < 4.78 is 27.9. The van der Waals surface area contributed by atoms with Gasteiger partial charge in [-0.05, 0) is 54.4 Å². The summed E-state index contributed by atoms with van der Waals surface area (Å²) >= 11 is 0. The molecule has 3 aromatic rings. The van der Waals surface area contributed by atoms with E-state index in [-0.39, 0.29) is 21.7 Å². The number of aryl methyl sites for hydroxylation is 1. The molecule has 8 heteroatoms. The molecule has 1 amide bonds. The van der Waals surface area contributed by atoms with Crippen molar-refractivity contribution in [2.24, 2.45) is 0 Å². The van der Waals surface area contributed by atoms with E-state index in [1.165, 1.54) is 48.5 Å². The minimum atomic E-state index is -3.90. The molecule has 29 heavy (non-hydrogen) atoms. The van der Waals surface area contributed by atoms with E-state index in [0.29, 0.717) is 5.69 Å². The van der Waals surface area contributed by atoms with Crippen molar-refractivity contribution in [2.45, 2.75) is 11.8 Å². The highest BCUT2D eigenvalue weighted by Gasteiger charge is 2.17. The van der Waals surface area contributed by atoms with Crippen LogP contribution in [0.5, 0.6) is 0 Å². The first-order valence-electron chi connectivity index (χ1n) is 8.57. The number of nitrogens with one attached hydrogen (secondary N) is 2. The molecule has 7 nitrogen and oxygen atoms in total. The maximum atomic E-state index is 12.7. The molecular formula is C21H17N2O5S-. The number of carboxylic acid groups (broad SMARTS) is 1. The van der Waals surface area contributed by atoms with Crippen molar-refractivity contribution in [3.63, 3.8) is 0 Å². The van der Waals surface area contributed by atoms with Gasteiger partial charge >= 0.3 is 0 Å². The van der Waals surface area contributed by atoms with Crippen LogP contribution in [-0.2, 0) is 10.0 Å². The quantitative estimate of drug-likeness (QED) is 0.649. The van der Waals surface area contributed by atoms with E-state index >= 15 is 0 Å². The summed E-state index contributed by atoms with van der Waals surface area (Å²) in [4.78, 5) is 23.4. The average molecular weight is 409 g/mol. The lowest BCUT2D eigenvalue weighted by Crippen LogP contribution is -2.22. The third-order valence-electron chi connectivity index (χ3n) is 4.15. The van der Waals surface area contributed by atoms with Crippen LogP contribution in [0.4, 0.5) is 11.4 Å². The number of carboxylic acids is 1. The third-order valence-corrected chi connectivity index (χ3v) is 5.52. The zero-order chi connectivity index (χ0) is 21.0. The Morgan fingerprint density at radius 1 is 0.862 bits per heavy atom. The molecule has 0 unspecified atom stereocenters. The molecule has 0 aromatic heterocycles. The number of aromatic carboxylic acids is 1. The molecule has 3 rings (SSSR count). The Labute approximate surface area is 168 Å². The molecule has 0 aliphatic carbocycles. The second kappa shape index (κ2) is 8.15. The first kappa shape index (κ1) is 20.1. The van der Waals surface area contributed by atoms with Crippen molar-refractivity contribution in [1.82, 2.24) is 0 Å². The summed E-state index contributed by atoms with van der Waals surface area (Å²) in [5.41, 5.74) is 1.49. The van der Waals surface area contributed by atoms with Crippen molar-refractivity contribution in [3.05, 3.63) is 89.5 Å². The van der Waals surface area contributed by atoms with Crippen LogP contribution in [0.3, 0.4) is 0 Å². The smallest absolute Gasteiger partial charge is 0.261 e. The number of rotatable bonds is 6. The highest BCUT2D eigenvalue weighted by Crippen LogP contribution is 2.20. The van der Waals surface area contributed by atoms with Crippen molar-refractivity contribution in [3.8, 4) is 0 Å². The van der Waals surface area contributed by atoms with Gasteiger partial charge in [0.15, 0.2) is 0 Å². The molecule has 3 aromatic carbocycles. The molecule has 0 heterocycles. The standard InChI is InChI=1S/C21H18N2O5S/c1-14-6-2-3-11-19(14)23-29(27,28)18-10-5-7-15(13-18)20(24)22-17-9-4-8-16(12-17)21(25)26/h2-13,23H,1H3,(H,22,24)(H,25,26)/p-1. The van der Waals surface area contributed by atoms with Gasteiger partial charge in [-0.25, -0.2) is 8.42 Å². The van der Waals surface area contributed by atoms with Gasteiger partial charge < -0.3 is 15.2 Å². The Kier molecular flexibility index (Phi) is 5.65. The lowest BCUT2D eigenvalue weighted by molar-refractivity contribution is -0.255. The van der Waals surface area contributed by atoms with Gasteiger partial charge in [0, 0.05) is 11.3 Å². The van der Waals surface area contributed by atoms with E-state index in [9.17, 15) is 23.1 Å². The fraction of sp³-hybridized carbons (Fsp3) is 0.0476. The Morgan fingerprint density at radius 3 is 2.28 bits per heavy atom. The number of benzene rings is 3. The summed E-state index contributed by atoms with van der Waals surface area (Å²) in [5, 5.41) is 13.5. The fourth-order valence-corrected chi connectivity index (χ4v) is 3.80. The van der Waals surface area contributed by atoms with Crippen LogP contribution in [0.25, 0.3) is 0 Å². The molecule has 0 saturated heterocycles. The predicted octanol–water partition coefficient (Wildman–Crippen LogP) is 2.41. The molecule has 148 valence electrons. The Balaban J connectivity index is 1.83. The van der Waals surface area contributed by atoms with E-state index in [2.05, 4.69) is 10.0 Å². The predicted molar refractivity (Wildman–Crippen MR) is 107 cm³/mol. The minimum absolute atomic E-state index is 0.0723. The first-order chi connectivity index (χ1) is 13.8. The molecular weight excluding hydrogens is 392 g/mol. The molecule has 0 fully saturated rings. The molecule has 0 radical (unpaired) electrons. The van der Waals surface area contributed by atoms with Gasteiger partial charge in [0.2, 0.25) is 0 Å². The van der Waals surface area contributed by atoms with Gasteiger partial charge in [0.05, 0.1) is 16.6 Å². The molecule has 0 atom stereocenters. The summed E-state index contributed by atoms with van der Waals surface area (Å²) in [6.45, 7) is 1.78. The van der Waals surface area contributed by atoms with E-state index in [1.54, 1.807) is 31.2 Å². The molecule has 0 spiro atoms. The fourth-order valence-electron chi connectivity index (χ4n) is 2.62. The van der Waals surface area contributed by atoms with E-state index in [1.807, 2.05) is 0 Å². The maximum absolute atomic E-state index is 12.7. The second-order valence-electron chi connectivity index (χ2n) is 6.27. The van der Waals surface area contributed by atoms with Gasteiger partial charge in [-0.3, -0.25) is 9.52 Å². The van der Waals surface area contributed by atoms with Crippen LogP contribution in [-0.4, -0.2) is 20.3 Å². The summed E-state index contributed by atoms with van der Waals surface area (Å²) in [7, 11) is -3.90. The van der Waals surface area contributed by atoms with Crippen molar-refractivity contribution in [1.29, 1.82) is 0 Å². The number of anilines is 2. The van der Waals surface area contributed by atoms with Gasteiger partial charge in [0.25, 0.3) is 15.9 Å². The van der Waals surface area contributed by atoms with Gasteiger partial charge in [0.1, 0.15) is 0 Å². The van der Waals surface area contributed by atoms with Crippen molar-refractivity contribution < 1.29 is 23.1 Å². The van der Waals surface area contributed by atoms with Crippen LogP contribution < -0.4 is 15.1 Å². The van der Waals surface area contributed by atoms with Crippen molar-refractivity contribution in [2.75, 3.05) is 10.0 Å². The highest BCUT2D eigenvalue weighted by molar-refractivity contribution is 7.92. The normalized spacial score (nSPS) is 10.9. The van der Waals surface area contributed by atoms with Gasteiger partial charge in [-0.1, -0.05) is 36.4 Å². The van der Waals surface area contributed by atoms with Crippen LogP contribution in [0.15, 0.2) is 77.7 Å². The van der Waals surface area contributed by atoms with Crippen LogP contribution in [0, 0.1) is 6.92 Å².